The summed E-state index contributed by atoms with van der Waals surface area (Å²) < 4.78 is 1.14. The fourth-order valence-electron chi connectivity index (χ4n) is 2.83. The molecule has 1 heterocycles. The van der Waals surface area contributed by atoms with Crippen molar-refractivity contribution in [2.45, 2.75) is 38.8 Å². The van der Waals surface area contributed by atoms with E-state index in [0.29, 0.717) is 6.04 Å². The molecule has 1 fully saturated rings. The zero-order chi connectivity index (χ0) is 13.8. The molecule has 1 aromatic rings. The maximum absolute atomic E-state index is 9.42. The largest absolute Gasteiger partial charge is 0.394 e. The highest BCUT2D eigenvalue weighted by atomic mass is 79.9. The third-order valence-electron chi connectivity index (χ3n) is 3.88. The molecule has 2 unspecified atom stereocenters. The van der Waals surface area contributed by atoms with Crippen molar-refractivity contribution in [2.75, 3.05) is 24.6 Å². The Balaban J connectivity index is 2.18. The van der Waals surface area contributed by atoms with E-state index in [2.05, 4.69) is 58.2 Å². The molecule has 1 saturated heterocycles. The van der Waals surface area contributed by atoms with E-state index < -0.39 is 0 Å². The van der Waals surface area contributed by atoms with Crippen molar-refractivity contribution in [2.24, 2.45) is 0 Å². The van der Waals surface area contributed by atoms with Gasteiger partial charge in [-0.25, -0.2) is 0 Å². The molecule has 3 nitrogen and oxygen atoms in total. The summed E-state index contributed by atoms with van der Waals surface area (Å²) in [6.07, 6.45) is 2.25. The number of aliphatic hydroxyl groups excluding tert-OH is 1. The number of nitrogens with one attached hydrogen (secondary N) is 1. The zero-order valence-electron chi connectivity index (χ0n) is 11.7. The van der Waals surface area contributed by atoms with Crippen LogP contribution in [0.15, 0.2) is 22.7 Å². The minimum Gasteiger partial charge on any atom is -0.394 e. The van der Waals surface area contributed by atoms with Gasteiger partial charge in [0.1, 0.15) is 0 Å². The number of nitrogens with zero attached hydrogens (tertiary/aromatic N) is 1. The summed E-state index contributed by atoms with van der Waals surface area (Å²) in [7, 11) is 0. The zero-order valence-corrected chi connectivity index (χ0v) is 13.3. The molecule has 0 aromatic heterocycles. The first-order valence-electron chi connectivity index (χ1n) is 7.07. The molecule has 0 aliphatic carbocycles. The minimum absolute atomic E-state index is 0.243. The molecule has 1 aliphatic heterocycles. The van der Waals surface area contributed by atoms with Crippen LogP contribution in [-0.2, 0) is 0 Å². The molecule has 4 heteroatoms. The van der Waals surface area contributed by atoms with Crippen LogP contribution in [0.3, 0.4) is 0 Å². The van der Waals surface area contributed by atoms with Crippen molar-refractivity contribution in [3.8, 4) is 0 Å². The third kappa shape index (κ3) is 3.30. The lowest BCUT2D eigenvalue weighted by atomic mass is 10.1. The molecule has 1 aliphatic rings. The molecule has 0 bridgehead atoms. The van der Waals surface area contributed by atoms with E-state index in [4.69, 9.17) is 0 Å². The average Bonchev–Trinajstić information content (AvgIpc) is 2.87. The molecule has 0 spiro atoms. The monoisotopic (exact) mass is 326 g/mol. The van der Waals surface area contributed by atoms with Gasteiger partial charge in [0.05, 0.1) is 12.6 Å². The Labute approximate surface area is 124 Å². The number of hydrogen-bond donors (Lipinski definition) is 2. The Kier molecular flexibility index (Phi) is 5.25. The number of benzene rings is 1. The summed E-state index contributed by atoms with van der Waals surface area (Å²) in [6, 6.07) is 7.16. The van der Waals surface area contributed by atoms with Crippen molar-refractivity contribution in [3.63, 3.8) is 0 Å². The van der Waals surface area contributed by atoms with Gasteiger partial charge in [-0.05, 0) is 44.0 Å². The van der Waals surface area contributed by atoms with E-state index in [0.717, 1.165) is 24.0 Å². The first-order chi connectivity index (χ1) is 9.17. The van der Waals surface area contributed by atoms with E-state index in [1.54, 1.807) is 0 Å². The first-order valence-corrected chi connectivity index (χ1v) is 7.87. The van der Waals surface area contributed by atoms with Gasteiger partial charge in [-0.3, -0.25) is 0 Å². The smallest absolute Gasteiger partial charge is 0.0635 e. The molecular formula is C15H23BrN2O. The SMILES string of the molecule is CCNC(C)c1ccc(N2CCCC2CO)cc1Br. The maximum atomic E-state index is 9.42. The number of anilines is 1. The molecule has 0 radical (unpaired) electrons. The van der Waals surface area contributed by atoms with Crippen molar-refractivity contribution < 1.29 is 5.11 Å². The van der Waals surface area contributed by atoms with E-state index in [9.17, 15) is 5.11 Å². The summed E-state index contributed by atoms with van der Waals surface area (Å²) in [6.45, 7) is 6.55. The number of rotatable bonds is 5. The fourth-order valence-corrected chi connectivity index (χ4v) is 3.54. The van der Waals surface area contributed by atoms with Gasteiger partial charge >= 0.3 is 0 Å². The third-order valence-corrected chi connectivity index (χ3v) is 4.57. The topological polar surface area (TPSA) is 35.5 Å². The van der Waals surface area contributed by atoms with Gasteiger partial charge in [0.2, 0.25) is 0 Å². The summed E-state index contributed by atoms with van der Waals surface area (Å²) in [5.74, 6) is 0. The van der Waals surface area contributed by atoms with Crippen LogP contribution in [0, 0.1) is 0 Å². The van der Waals surface area contributed by atoms with Crippen molar-refractivity contribution in [1.82, 2.24) is 5.32 Å². The second-order valence-corrected chi connectivity index (χ2v) is 6.01. The average molecular weight is 327 g/mol. The fraction of sp³-hybridized carbons (Fsp3) is 0.600. The van der Waals surface area contributed by atoms with Gasteiger partial charge in [-0.2, -0.15) is 0 Å². The Hall–Kier alpha value is -0.580. The molecule has 1 aromatic carbocycles. The molecule has 2 atom stereocenters. The van der Waals surface area contributed by atoms with Gasteiger partial charge in [-0.1, -0.05) is 28.9 Å². The van der Waals surface area contributed by atoms with Gasteiger partial charge in [0.15, 0.2) is 0 Å². The second-order valence-electron chi connectivity index (χ2n) is 5.16. The summed E-state index contributed by atoms with van der Waals surface area (Å²) in [5.41, 5.74) is 2.49. The predicted octanol–water partition coefficient (Wildman–Crippen LogP) is 3.08. The number of halogens is 1. The van der Waals surface area contributed by atoms with Crippen LogP contribution < -0.4 is 10.2 Å². The van der Waals surface area contributed by atoms with E-state index in [1.165, 1.54) is 17.7 Å². The Morgan fingerprint density at radius 2 is 2.32 bits per heavy atom. The molecule has 106 valence electrons. The lowest BCUT2D eigenvalue weighted by Crippen LogP contribution is -2.32. The van der Waals surface area contributed by atoms with E-state index in [1.807, 2.05) is 0 Å². The van der Waals surface area contributed by atoms with Crippen molar-refractivity contribution in [3.05, 3.63) is 28.2 Å². The molecule has 0 amide bonds. The molecule has 2 N–H and O–H groups in total. The molecular weight excluding hydrogens is 304 g/mol. The van der Waals surface area contributed by atoms with E-state index in [-0.39, 0.29) is 12.6 Å². The Bertz CT molecular complexity index is 425. The Morgan fingerprint density at radius 1 is 1.53 bits per heavy atom. The first kappa shape index (κ1) is 14.8. The normalized spacial score (nSPS) is 20.8. The van der Waals surface area contributed by atoms with Crippen molar-refractivity contribution >= 4 is 21.6 Å². The molecule has 0 saturated carbocycles. The van der Waals surface area contributed by atoms with Crippen LogP contribution in [0.4, 0.5) is 5.69 Å². The van der Waals surface area contributed by atoms with Gasteiger partial charge in [0, 0.05) is 22.7 Å². The van der Waals surface area contributed by atoms with Crippen LogP contribution in [-0.4, -0.2) is 30.8 Å². The number of aliphatic hydroxyl groups is 1. The highest BCUT2D eigenvalue weighted by Gasteiger charge is 2.24. The highest BCUT2D eigenvalue weighted by molar-refractivity contribution is 9.10. The molecule has 2 rings (SSSR count). The molecule has 19 heavy (non-hydrogen) atoms. The van der Waals surface area contributed by atoms with Gasteiger partial charge in [0.25, 0.3) is 0 Å². The predicted molar refractivity (Wildman–Crippen MR) is 83.7 cm³/mol. The van der Waals surface area contributed by atoms with E-state index >= 15 is 0 Å². The lowest BCUT2D eigenvalue weighted by molar-refractivity contribution is 0.266. The second kappa shape index (κ2) is 6.73. The maximum Gasteiger partial charge on any atom is 0.0635 e. The standard InChI is InChI=1S/C15H23BrN2O/c1-3-17-11(2)14-7-6-12(9-15(14)16)18-8-4-5-13(18)10-19/h6-7,9,11,13,17,19H,3-5,8,10H2,1-2H3. The van der Waals surface area contributed by atoms with Gasteiger partial charge in [-0.15, -0.1) is 0 Å². The van der Waals surface area contributed by atoms with Crippen LogP contribution >= 0.6 is 15.9 Å². The summed E-state index contributed by atoms with van der Waals surface area (Å²) in [5, 5.41) is 12.8. The number of hydrogen-bond acceptors (Lipinski definition) is 3. The Morgan fingerprint density at radius 3 is 2.95 bits per heavy atom. The van der Waals surface area contributed by atoms with Crippen LogP contribution in [0.2, 0.25) is 0 Å². The van der Waals surface area contributed by atoms with Crippen LogP contribution in [0.25, 0.3) is 0 Å². The summed E-state index contributed by atoms with van der Waals surface area (Å²) in [4.78, 5) is 2.31. The van der Waals surface area contributed by atoms with Crippen LogP contribution in [0.5, 0.6) is 0 Å². The summed E-state index contributed by atoms with van der Waals surface area (Å²) >= 11 is 3.68. The van der Waals surface area contributed by atoms with Gasteiger partial charge < -0.3 is 15.3 Å². The highest BCUT2D eigenvalue weighted by Crippen LogP contribution is 2.31. The minimum atomic E-state index is 0.243. The quantitative estimate of drug-likeness (QED) is 0.872. The van der Waals surface area contributed by atoms with Crippen molar-refractivity contribution in [1.29, 1.82) is 0 Å². The van der Waals surface area contributed by atoms with Crippen LogP contribution in [0.1, 0.15) is 38.3 Å². The lowest BCUT2D eigenvalue weighted by Gasteiger charge is -2.26.